The van der Waals surface area contributed by atoms with Crippen LogP contribution < -0.4 is 0 Å². The van der Waals surface area contributed by atoms with Crippen LogP contribution in [0.15, 0.2) is 11.6 Å². The van der Waals surface area contributed by atoms with Crippen LogP contribution in [0.5, 0.6) is 0 Å². The summed E-state index contributed by atoms with van der Waals surface area (Å²) in [5, 5.41) is 0. The van der Waals surface area contributed by atoms with Crippen molar-refractivity contribution in [2.45, 2.75) is 115 Å². The first-order valence-electron chi connectivity index (χ1n) is 13.7. The van der Waals surface area contributed by atoms with Gasteiger partial charge >= 0.3 is 0 Å². The summed E-state index contributed by atoms with van der Waals surface area (Å²) in [7, 11) is 3.65. The van der Waals surface area contributed by atoms with E-state index in [1.165, 1.54) is 44.0 Å². The maximum Gasteiger partial charge on any atom is 0.168 e. The summed E-state index contributed by atoms with van der Waals surface area (Å²) >= 11 is 0. The van der Waals surface area contributed by atoms with E-state index in [0.29, 0.717) is 23.7 Å². The van der Waals surface area contributed by atoms with Crippen molar-refractivity contribution in [1.29, 1.82) is 0 Å². The van der Waals surface area contributed by atoms with Gasteiger partial charge in [0, 0.05) is 27.1 Å². The van der Waals surface area contributed by atoms with Crippen molar-refractivity contribution < 1.29 is 19.0 Å². The quantitative estimate of drug-likeness (QED) is 0.269. The van der Waals surface area contributed by atoms with Gasteiger partial charge in [0.2, 0.25) is 0 Å². The molecule has 0 heterocycles. The molecule has 33 heavy (non-hydrogen) atoms. The van der Waals surface area contributed by atoms with Gasteiger partial charge in [0.05, 0.1) is 17.1 Å². The van der Waals surface area contributed by atoms with Gasteiger partial charge < -0.3 is 19.0 Å². The van der Waals surface area contributed by atoms with E-state index in [1.807, 2.05) is 7.11 Å². The normalized spacial score (nSPS) is 48.9. The average molecular weight is 459 g/mol. The molecule has 0 aromatic carbocycles. The van der Waals surface area contributed by atoms with E-state index >= 15 is 0 Å². The predicted octanol–water partition coefficient (Wildman–Crippen LogP) is 6.47. The van der Waals surface area contributed by atoms with Crippen molar-refractivity contribution >= 4 is 6.29 Å². The zero-order chi connectivity index (χ0) is 23.5. The number of ether oxygens (including phenoxy) is 3. The van der Waals surface area contributed by atoms with Gasteiger partial charge in [-0.25, -0.2) is 0 Å². The molecule has 4 saturated carbocycles. The maximum absolute atomic E-state index is 12.8. The lowest BCUT2D eigenvalue weighted by Gasteiger charge is -2.61. The van der Waals surface area contributed by atoms with E-state index in [0.717, 1.165) is 44.9 Å². The Morgan fingerprint density at radius 2 is 1.67 bits per heavy atom. The molecule has 0 radical (unpaired) electrons. The van der Waals surface area contributed by atoms with Crippen LogP contribution in [0.25, 0.3) is 0 Å². The number of allylic oxidation sites excluding steroid dienone is 1. The van der Waals surface area contributed by atoms with Gasteiger partial charge in [-0.2, -0.15) is 0 Å². The van der Waals surface area contributed by atoms with Crippen molar-refractivity contribution in [3.63, 3.8) is 0 Å². The summed E-state index contributed by atoms with van der Waals surface area (Å²) in [5.74, 6) is 1.75. The number of hydrogen-bond acceptors (Lipinski definition) is 4. The lowest BCUT2D eigenvalue weighted by molar-refractivity contribution is -0.313. The molecule has 0 spiro atoms. The smallest absolute Gasteiger partial charge is 0.168 e. The van der Waals surface area contributed by atoms with Crippen LogP contribution in [0, 0.1) is 34.5 Å². The molecule has 3 unspecified atom stereocenters. The Hall–Kier alpha value is -0.710. The first-order chi connectivity index (χ1) is 15.8. The molecule has 0 bridgehead atoms. The van der Waals surface area contributed by atoms with Gasteiger partial charge in [0.15, 0.2) is 5.79 Å². The molecule has 0 aliphatic heterocycles. The van der Waals surface area contributed by atoms with Gasteiger partial charge in [-0.3, -0.25) is 0 Å². The van der Waals surface area contributed by atoms with Crippen LogP contribution in [0.1, 0.15) is 97.8 Å². The highest BCUT2D eigenvalue weighted by molar-refractivity contribution is 5.68. The monoisotopic (exact) mass is 458 g/mol. The zero-order valence-electron chi connectivity index (χ0n) is 21.7. The molecule has 186 valence electrons. The fraction of sp³-hybridized carbons (Fsp3) is 0.897. The number of aldehydes is 1. The van der Waals surface area contributed by atoms with E-state index in [9.17, 15) is 4.79 Å². The SMILES string of the molecule is COC1C=C2C(C)C[C@@H]3[C@@H](CC[C@@]4(C)[C@H]3CCC4(C)OC3(OC)CCCCC3)[C@@]2(C=O)CC1. The summed E-state index contributed by atoms with van der Waals surface area (Å²) in [6.45, 7) is 7.26. The number of carbonyl (C=O) groups excluding carboxylic acids is 1. The summed E-state index contributed by atoms with van der Waals surface area (Å²) < 4.78 is 18.9. The molecule has 0 N–H and O–H groups in total. The number of hydrogen-bond donors (Lipinski definition) is 0. The summed E-state index contributed by atoms with van der Waals surface area (Å²) in [5.41, 5.74) is 1.11. The molecule has 4 nitrogen and oxygen atoms in total. The van der Waals surface area contributed by atoms with E-state index in [2.05, 4.69) is 26.8 Å². The lowest BCUT2D eigenvalue weighted by Crippen LogP contribution is -2.59. The van der Waals surface area contributed by atoms with Crippen molar-refractivity contribution in [3.8, 4) is 0 Å². The predicted molar refractivity (Wildman–Crippen MR) is 130 cm³/mol. The first kappa shape index (κ1) is 24.0. The average Bonchev–Trinajstić information content (AvgIpc) is 3.09. The van der Waals surface area contributed by atoms with Crippen LogP contribution in [0.2, 0.25) is 0 Å². The Labute approximate surface area is 201 Å². The van der Waals surface area contributed by atoms with Crippen molar-refractivity contribution in [2.24, 2.45) is 34.5 Å². The highest BCUT2D eigenvalue weighted by Crippen LogP contribution is 2.69. The van der Waals surface area contributed by atoms with Crippen LogP contribution in [-0.2, 0) is 19.0 Å². The van der Waals surface area contributed by atoms with Crippen LogP contribution in [0.4, 0.5) is 0 Å². The lowest BCUT2D eigenvalue weighted by atomic mass is 9.44. The molecule has 0 saturated heterocycles. The molecule has 4 heteroatoms. The van der Waals surface area contributed by atoms with Crippen LogP contribution in [0.3, 0.4) is 0 Å². The number of fused-ring (bicyclic) bond motifs is 5. The van der Waals surface area contributed by atoms with Crippen LogP contribution >= 0.6 is 0 Å². The van der Waals surface area contributed by atoms with Crippen LogP contribution in [-0.4, -0.2) is 38.0 Å². The zero-order valence-corrected chi connectivity index (χ0v) is 21.7. The fourth-order valence-corrected chi connectivity index (χ4v) is 9.42. The van der Waals surface area contributed by atoms with Gasteiger partial charge in [-0.1, -0.05) is 31.9 Å². The first-order valence-corrected chi connectivity index (χ1v) is 13.7. The molecule has 8 atom stereocenters. The third-order valence-electron chi connectivity index (χ3n) is 11.4. The standard InChI is InChI=1S/C29H46O4/c1-20-17-22-23-11-15-27(3,33-29(32-5)12-7-6-8-13-29)26(23,2)14-10-24(22)28(19-30)16-9-21(31-4)18-25(20)28/h18-24H,6-17H2,1-5H3/t20?,21?,22-,23-,24+,26-,27?,28-/m0/s1. The van der Waals surface area contributed by atoms with Gasteiger partial charge in [0.1, 0.15) is 6.29 Å². The second-order valence-corrected chi connectivity index (χ2v) is 12.6. The Bertz CT molecular complexity index is 784. The Kier molecular flexibility index (Phi) is 6.15. The van der Waals surface area contributed by atoms with Gasteiger partial charge in [-0.15, -0.1) is 0 Å². The summed E-state index contributed by atoms with van der Waals surface area (Å²) in [4.78, 5) is 12.8. The van der Waals surface area contributed by atoms with E-state index < -0.39 is 5.79 Å². The van der Waals surface area contributed by atoms with Gasteiger partial charge in [0.25, 0.3) is 0 Å². The molecule has 4 fully saturated rings. The number of carbonyl (C=O) groups is 1. The number of methoxy groups -OCH3 is 2. The van der Waals surface area contributed by atoms with E-state index in [-0.39, 0.29) is 22.5 Å². The second kappa shape index (κ2) is 8.45. The molecule has 0 aromatic rings. The maximum atomic E-state index is 12.8. The molecule has 5 rings (SSSR count). The third-order valence-corrected chi connectivity index (χ3v) is 11.4. The largest absolute Gasteiger partial charge is 0.377 e. The van der Waals surface area contributed by atoms with E-state index in [4.69, 9.17) is 14.2 Å². The molecule has 5 aliphatic carbocycles. The highest BCUT2D eigenvalue weighted by Gasteiger charge is 2.66. The molecule has 5 aliphatic rings. The highest BCUT2D eigenvalue weighted by atomic mass is 16.7. The molecular weight excluding hydrogens is 412 g/mol. The van der Waals surface area contributed by atoms with Crippen molar-refractivity contribution in [1.82, 2.24) is 0 Å². The minimum atomic E-state index is -0.403. The topological polar surface area (TPSA) is 44.8 Å². The number of rotatable bonds is 5. The minimum Gasteiger partial charge on any atom is -0.377 e. The van der Waals surface area contributed by atoms with E-state index in [1.54, 1.807) is 7.11 Å². The Morgan fingerprint density at radius 3 is 2.33 bits per heavy atom. The van der Waals surface area contributed by atoms with Gasteiger partial charge in [-0.05, 0) is 93.8 Å². The summed E-state index contributed by atoms with van der Waals surface area (Å²) in [6, 6.07) is 0. The summed E-state index contributed by atoms with van der Waals surface area (Å²) in [6.07, 6.45) is 17.3. The Morgan fingerprint density at radius 1 is 0.939 bits per heavy atom. The second-order valence-electron chi connectivity index (χ2n) is 12.6. The van der Waals surface area contributed by atoms with Crippen molar-refractivity contribution in [2.75, 3.05) is 14.2 Å². The molecule has 0 amide bonds. The minimum absolute atomic E-state index is 0.145. The molecular formula is C29H46O4. The Balaban J connectivity index is 1.45. The third kappa shape index (κ3) is 3.44. The molecule has 0 aromatic heterocycles. The van der Waals surface area contributed by atoms with Crippen molar-refractivity contribution in [3.05, 3.63) is 11.6 Å². The fourth-order valence-electron chi connectivity index (χ4n) is 9.42.